The highest BCUT2D eigenvalue weighted by molar-refractivity contribution is 8.01. The molecule has 21 heavy (non-hydrogen) atoms. The quantitative estimate of drug-likeness (QED) is 0.564. The Balaban J connectivity index is 3.52. The number of Topliss-reactive ketones (excluding diaryl/α,β-unsaturated/α-hetero) is 2. The molecule has 0 bridgehead atoms. The first-order valence-electron chi connectivity index (χ1n) is 7.75. The molecule has 0 saturated heterocycles. The largest absolute Gasteiger partial charge is 0.381 e. The van der Waals surface area contributed by atoms with Crippen molar-refractivity contribution in [2.45, 2.75) is 72.0 Å². The summed E-state index contributed by atoms with van der Waals surface area (Å²) in [7, 11) is 0. The van der Waals surface area contributed by atoms with Gasteiger partial charge in [-0.2, -0.15) is 0 Å². The van der Waals surface area contributed by atoms with Crippen molar-refractivity contribution >= 4 is 23.3 Å². The fourth-order valence-electron chi connectivity index (χ4n) is 1.71. The van der Waals surface area contributed by atoms with Gasteiger partial charge in [-0.1, -0.05) is 41.5 Å². The van der Waals surface area contributed by atoms with Crippen LogP contribution in [0.4, 0.5) is 0 Å². The zero-order chi connectivity index (χ0) is 16.5. The predicted molar refractivity (Wildman–Crippen MR) is 91.0 cm³/mol. The number of hydrogen-bond donors (Lipinski definition) is 0. The Morgan fingerprint density at radius 1 is 0.905 bits per heavy atom. The summed E-state index contributed by atoms with van der Waals surface area (Å²) in [6.45, 7) is 13.6. The molecule has 0 aromatic heterocycles. The molecule has 0 unspecified atom stereocenters. The number of thioether (sulfide) groups is 1. The molecule has 0 amide bonds. The summed E-state index contributed by atoms with van der Waals surface area (Å²) >= 11 is 1.68. The molecule has 0 spiro atoms. The summed E-state index contributed by atoms with van der Waals surface area (Å²) in [4.78, 5) is 23.3. The van der Waals surface area contributed by atoms with Crippen LogP contribution in [0.1, 0.15) is 67.2 Å². The lowest BCUT2D eigenvalue weighted by molar-refractivity contribution is -0.122. The maximum absolute atomic E-state index is 11.7. The highest BCUT2D eigenvalue weighted by atomic mass is 32.2. The maximum Gasteiger partial charge on any atom is 0.142 e. The fraction of sp³-hybridized carbons (Fsp3) is 0.882. The van der Waals surface area contributed by atoms with E-state index in [1.807, 2.05) is 0 Å². The molecule has 0 aromatic rings. The number of carbonyl (C=O) groups excluding carboxylic acids is 2. The van der Waals surface area contributed by atoms with Crippen LogP contribution in [0, 0.1) is 5.41 Å². The molecule has 4 heteroatoms. The van der Waals surface area contributed by atoms with E-state index in [0.29, 0.717) is 38.2 Å². The predicted octanol–water partition coefficient (Wildman–Crippen LogP) is 4.28. The van der Waals surface area contributed by atoms with Crippen LogP contribution in [-0.2, 0) is 14.3 Å². The highest BCUT2D eigenvalue weighted by Gasteiger charge is 2.15. The van der Waals surface area contributed by atoms with Gasteiger partial charge in [-0.25, -0.2) is 0 Å². The Kier molecular flexibility index (Phi) is 9.46. The average molecular weight is 317 g/mol. The van der Waals surface area contributed by atoms with Crippen LogP contribution in [0.3, 0.4) is 0 Å². The van der Waals surface area contributed by atoms with Gasteiger partial charge in [-0.05, 0) is 11.8 Å². The van der Waals surface area contributed by atoms with E-state index >= 15 is 0 Å². The third-order valence-electron chi connectivity index (χ3n) is 2.66. The van der Waals surface area contributed by atoms with E-state index in [1.165, 1.54) is 0 Å². The Morgan fingerprint density at radius 3 is 2.05 bits per heavy atom. The third-order valence-corrected chi connectivity index (χ3v) is 4.00. The van der Waals surface area contributed by atoms with Gasteiger partial charge in [0.15, 0.2) is 0 Å². The molecule has 0 aliphatic rings. The van der Waals surface area contributed by atoms with Gasteiger partial charge in [0.1, 0.15) is 11.6 Å². The van der Waals surface area contributed by atoms with Gasteiger partial charge >= 0.3 is 0 Å². The van der Waals surface area contributed by atoms with Crippen molar-refractivity contribution in [1.29, 1.82) is 0 Å². The van der Waals surface area contributed by atoms with Gasteiger partial charge in [0, 0.05) is 30.6 Å². The van der Waals surface area contributed by atoms with E-state index in [-0.39, 0.29) is 21.7 Å². The van der Waals surface area contributed by atoms with Crippen molar-refractivity contribution in [2.75, 3.05) is 19.0 Å². The number of ketones is 2. The summed E-state index contributed by atoms with van der Waals surface area (Å²) in [5, 5.41) is 0. The van der Waals surface area contributed by atoms with Crippen molar-refractivity contribution < 1.29 is 14.3 Å². The normalized spacial score (nSPS) is 12.5. The molecule has 0 aromatic carbocycles. The summed E-state index contributed by atoms with van der Waals surface area (Å²) in [5.74, 6) is 1.11. The topological polar surface area (TPSA) is 43.4 Å². The molecule has 3 nitrogen and oxygen atoms in total. The first-order chi connectivity index (χ1) is 9.49. The van der Waals surface area contributed by atoms with Crippen molar-refractivity contribution in [1.82, 2.24) is 0 Å². The summed E-state index contributed by atoms with van der Waals surface area (Å²) in [6.07, 6.45) is 2.39. The van der Waals surface area contributed by atoms with Crippen LogP contribution in [0.2, 0.25) is 0 Å². The van der Waals surface area contributed by atoms with Crippen LogP contribution in [0.25, 0.3) is 0 Å². The number of carbonyl (C=O) groups is 2. The third kappa shape index (κ3) is 15.9. The maximum atomic E-state index is 11.7. The van der Waals surface area contributed by atoms with Gasteiger partial charge in [-0.15, -0.1) is 11.8 Å². The van der Waals surface area contributed by atoms with Crippen LogP contribution < -0.4 is 0 Å². The van der Waals surface area contributed by atoms with Crippen molar-refractivity contribution in [2.24, 2.45) is 5.41 Å². The first kappa shape index (κ1) is 20.6. The summed E-state index contributed by atoms with van der Waals surface area (Å²) in [6, 6.07) is 0. The lowest BCUT2D eigenvalue weighted by atomic mass is 9.89. The van der Waals surface area contributed by atoms with Gasteiger partial charge in [-0.3, -0.25) is 9.59 Å². The Labute approximate surface area is 134 Å². The number of ether oxygens (including phenoxy) is 1. The fourth-order valence-corrected chi connectivity index (χ4v) is 2.45. The molecule has 0 fully saturated rings. The van der Waals surface area contributed by atoms with E-state index in [9.17, 15) is 9.59 Å². The molecular formula is C17H32O3S. The molecular weight excluding hydrogens is 284 g/mol. The highest BCUT2D eigenvalue weighted by Crippen LogP contribution is 2.23. The zero-order valence-electron chi connectivity index (χ0n) is 14.6. The van der Waals surface area contributed by atoms with Crippen molar-refractivity contribution in [3.63, 3.8) is 0 Å². The molecule has 0 aliphatic heterocycles. The number of rotatable bonds is 10. The van der Waals surface area contributed by atoms with E-state index in [0.717, 1.165) is 6.42 Å². The minimum absolute atomic E-state index is 0.0498. The smallest absolute Gasteiger partial charge is 0.142 e. The van der Waals surface area contributed by atoms with Gasteiger partial charge < -0.3 is 4.74 Å². The van der Waals surface area contributed by atoms with E-state index in [1.54, 1.807) is 11.8 Å². The lowest BCUT2D eigenvalue weighted by Gasteiger charge is -2.17. The van der Waals surface area contributed by atoms with Gasteiger partial charge in [0.2, 0.25) is 0 Å². The average Bonchev–Trinajstić information content (AvgIpc) is 2.27. The second-order valence-electron chi connectivity index (χ2n) is 7.68. The van der Waals surface area contributed by atoms with Crippen LogP contribution >= 0.6 is 11.8 Å². The lowest BCUT2D eigenvalue weighted by Crippen LogP contribution is -2.15. The molecule has 0 rings (SSSR count). The molecule has 0 atom stereocenters. The van der Waals surface area contributed by atoms with Gasteiger partial charge in [0.05, 0.1) is 12.4 Å². The van der Waals surface area contributed by atoms with E-state index in [4.69, 9.17) is 4.74 Å². The second kappa shape index (κ2) is 9.62. The zero-order valence-corrected chi connectivity index (χ0v) is 15.4. The van der Waals surface area contributed by atoms with Crippen LogP contribution in [0.15, 0.2) is 0 Å². The summed E-state index contributed by atoms with van der Waals surface area (Å²) in [5.41, 5.74) is 0.0498. The summed E-state index contributed by atoms with van der Waals surface area (Å²) < 4.78 is 5.57. The van der Waals surface area contributed by atoms with E-state index < -0.39 is 0 Å². The monoisotopic (exact) mass is 316 g/mol. The minimum Gasteiger partial charge on any atom is -0.381 e. The second-order valence-corrected chi connectivity index (χ2v) is 9.48. The van der Waals surface area contributed by atoms with E-state index in [2.05, 4.69) is 41.5 Å². The van der Waals surface area contributed by atoms with Crippen LogP contribution in [0.5, 0.6) is 0 Å². The molecule has 0 saturated carbocycles. The Morgan fingerprint density at radius 2 is 1.52 bits per heavy atom. The SMILES string of the molecule is CC(C)(C)CC(=O)CCOCCCC(=O)CSC(C)(C)C. The van der Waals surface area contributed by atoms with Crippen molar-refractivity contribution in [3.05, 3.63) is 0 Å². The van der Waals surface area contributed by atoms with Gasteiger partial charge in [0.25, 0.3) is 0 Å². The Bertz CT molecular complexity index is 324. The standard InChI is InChI=1S/C17H32O3S/c1-16(2,3)12-14(18)9-11-20-10-7-8-15(19)13-21-17(4,5)6/h7-13H2,1-6H3. The minimum atomic E-state index is 0.0498. The molecule has 0 N–H and O–H groups in total. The number of hydrogen-bond acceptors (Lipinski definition) is 4. The molecule has 0 aliphatic carbocycles. The molecule has 0 heterocycles. The molecule has 124 valence electrons. The molecule has 0 radical (unpaired) electrons. The van der Waals surface area contributed by atoms with Crippen LogP contribution in [-0.4, -0.2) is 35.3 Å². The Hall–Kier alpha value is -0.350. The first-order valence-corrected chi connectivity index (χ1v) is 8.73. The van der Waals surface area contributed by atoms with Crippen molar-refractivity contribution in [3.8, 4) is 0 Å².